The van der Waals surface area contributed by atoms with Gasteiger partial charge in [-0.2, -0.15) is 0 Å². The third-order valence-corrected chi connectivity index (χ3v) is 1.47. The fourth-order valence-electron chi connectivity index (χ4n) is 0.968. The van der Waals surface area contributed by atoms with Gasteiger partial charge in [0, 0.05) is 36.5 Å². The summed E-state index contributed by atoms with van der Waals surface area (Å²) in [5, 5.41) is 11.2. The molecule has 0 spiro atoms. The van der Waals surface area contributed by atoms with Gasteiger partial charge in [0.15, 0.2) is 0 Å². The molecular formula is C9H9NNaO3. The molecule has 5 heteroatoms. The quantitative estimate of drug-likeness (QED) is 0.702. The number of aromatic carboxylic acids is 1. The number of benzene rings is 1. The van der Waals surface area contributed by atoms with Crippen LogP contribution in [0.15, 0.2) is 24.3 Å². The van der Waals surface area contributed by atoms with Crippen LogP contribution in [-0.2, 0) is 4.79 Å². The van der Waals surface area contributed by atoms with Gasteiger partial charge in [-0.25, -0.2) is 4.79 Å². The second kappa shape index (κ2) is 5.80. The molecule has 0 aliphatic heterocycles. The molecule has 0 aliphatic carbocycles. The first-order valence-electron chi connectivity index (χ1n) is 3.71. The number of hydrogen-bond donors (Lipinski definition) is 2. The minimum atomic E-state index is -1.05. The Morgan fingerprint density at radius 3 is 2.36 bits per heavy atom. The number of rotatable bonds is 2. The Morgan fingerprint density at radius 1 is 1.29 bits per heavy atom. The summed E-state index contributed by atoms with van der Waals surface area (Å²) in [6.07, 6.45) is 0. The van der Waals surface area contributed by atoms with Gasteiger partial charge in [0.2, 0.25) is 5.91 Å². The topological polar surface area (TPSA) is 66.4 Å². The van der Waals surface area contributed by atoms with E-state index >= 15 is 0 Å². The number of anilines is 1. The number of carbonyl (C=O) groups is 2. The average molecular weight is 202 g/mol. The van der Waals surface area contributed by atoms with Gasteiger partial charge in [-0.3, -0.25) is 4.79 Å². The second-order valence-corrected chi connectivity index (χ2v) is 2.53. The minimum Gasteiger partial charge on any atom is -0.478 e. The monoisotopic (exact) mass is 202 g/mol. The number of carboxylic acids is 1. The standard InChI is InChI=1S/C9H9NO3.Na/c1-6(11)10-8-5-3-2-4-7(8)9(12)13;/h2-5H,1H3,(H,10,11)(H,12,13);. The maximum Gasteiger partial charge on any atom is 0.337 e. The van der Waals surface area contributed by atoms with E-state index in [2.05, 4.69) is 5.32 Å². The van der Waals surface area contributed by atoms with Gasteiger partial charge in [0.05, 0.1) is 11.3 Å². The van der Waals surface area contributed by atoms with Crippen LogP contribution in [0.3, 0.4) is 0 Å². The zero-order valence-electron chi connectivity index (χ0n) is 8.07. The molecule has 1 aromatic rings. The summed E-state index contributed by atoms with van der Waals surface area (Å²) >= 11 is 0. The van der Waals surface area contributed by atoms with E-state index in [0.29, 0.717) is 5.69 Å². The number of carboxylic acid groups (broad SMARTS) is 1. The maximum atomic E-state index is 10.7. The second-order valence-electron chi connectivity index (χ2n) is 2.53. The predicted molar refractivity (Wildman–Crippen MR) is 53.5 cm³/mol. The van der Waals surface area contributed by atoms with E-state index in [4.69, 9.17) is 5.11 Å². The van der Waals surface area contributed by atoms with Crippen LogP contribution in [0.25, 0.3) is 0 Å². The van der Waals surface area contributed by atoms with Crippen molar-refractivity contribution in [2.24, 2.45) is 0 Å². The number of amides is 1. The van der Waals surface area contributed by atoms with Gasteiger partial charge in [-0.05, 0) is 12.1 Å². The number of nitrogens with one attached hydrogen (secondary N) is 1. The van der Waals surface area contributed by atoms with Crippen LogP contribution < -0.4 is 5.32 Å². The van der Waals surface area contributed by atoms with Crippen LogP contribution >= 0.6 is 0 Å². The van der Waals surface area contributed by atoms with Crippen LogP contribution in [-0.4, -0.2) is 46.5 Å². The Kier molecular flexibility index (Phi) is 5.45. The van der Waals surface area contributed by atoms with Crippen molar-refractivity contribution in [2.45, 2.75) is 6.92 Å². The predicted octanol–water partition coefficient (Wildman–Crippen LogP) is 0.962. The molecule has 2 N–H and O–H groups in total. The smallest absolute Gasteiger partial charge is 0.337 e. The van der Waals surface area contributed by atoms with Crippen molar-refractivity contribution in [3.05, 3.63) is 29.8 Å². The Morgan fingerprint density at radius 2 is 1.86 bits per heavy atom. The first kappa shape index (κ1) is 13.2. The molecule has 4 nitrogen and oxygen atoms in total. The SMILES string of the molecule is CC(=O)Nc1ccccc1C(=O)O.[Na]. The van der Waals surface area contributed by atoms with Gasteiger partial charge >= 0.3 is 5.97 Å². The van der Waals surface area contributed by atoms with E-state index in [0.717, 1.165) is 0 Å². The first-order valence-corrected chi connectivity index (χ1v) is 3.71. The molecule has 1 radical (unpaired) electrons. The van der Waals surface area contributed by atoms with Crippen molar-refractivity contribution in [1.82, 2.24) is 0 Å². The Bertz CT molecular complexity index is 352. The Balaban J connectivity index is 0.00000169. The normalized spacial score (nSPS) is 8.64. The van der Waals surface area contributed by atoms with Crippen molar-refractivity contribution in [2.75, 3.05) is 5.32 Å². The van der Waals surface area contributed by atoms with Gasteiger partial charge in [0.1, 0.15) is 0 Å². The van der Waals surface area contributed by atoms with Crippen LogP contribution in [0.5, 0.6) is 0 Å². The van der Waals surface area contributed by atoms with Crippen molar-refractivity contribution < 1.29 is 14.7 Å². The fourth-order valence-corrected chi connectivity index (χ4v) is 0.968. The van der Waals surface area contributed by atoms with Crippen molar-refractivity contribution in [1.29, 1.82) is 0 Å². The molecule has 1 aromatic carbocycles. The maximum absolute atomic E-state index is 10.7. The van der Waals surface area contributed by atoms with E-state index in [1.807, 2.05) is 0 Å². The Hall–Kier alpha value is -0.840. The molecule has 1 amide bonds. The molecule has 1 rings (SSSR count). The molecule has 0 aliphatic rings. The summed E-state index contributed by atoms with van der Waals surface area (Å²) in [5.74, 6) is -1.34. The van der Waals surface area contributed by atoms with E-state index in [9.17, 15) is 9.59 Å². The molecular weight excluding hydrogens is 193 g/mol. The van der Waals surface area contributed by atoms with E-state index in [1.165, 1.54) is 13.0 Å². The zero-order chi connectivity index (χ0) is 9.84. The van der Waals surface area contributed by atoms with Crippen molar-refractivity contribution >= 4 is 47.1 Å². The number of carbonyl (C=O) groups excluding carboxylic acids is 1. The van der Waals surface area contributed by atoms with Crippen LogP contribution in [0, 0.1) is 0 Å². The molecule has 0 aromatic heterocycles. The number of hydrogen-bond acceptors (Lipinski definition) is 2. The van der Waals surface area contributed by atoms with Crippen LogP contribution in [0.1, 0.15) is 17.3 Å². The average Bonchev–Trinajstić information content (AvgIpc) is 2.03. The summed E-state index contributed by atoms with van der Waals surface area (Å²) in [5.41, 5.74) is 0.417. The molecule has 0 fully saturated rings. The summed E-state index contributed by atoms with van der Waals surface area (Å²) in [4.78, 5) is 21.3. The summed E-state index contributed by atoms with van der Waals surface area (Å²) in [7, 11) is 0. The Labute approximate surface area is 104 Å². The van der Waals surface area contributed by atoms with Crippen molar-refractivity contribution in [3.8, 4) is 0 Å². The largest absolute Gasteiger partial charge is 0.478 e. The van der Waals surface area contributed by atoms with E-state index in [-0.39, 0.29) is 41.0 Å². The molecule has 0 saturated heterocycles. The van der Waals surface area contributed by atoms with Gasteiger partial charge in [-0.1, -0.05) is 12.1 Å². The molecule has 14 heavy (non-hydrogen) atoms. The summed E-state index contributed by atoms with van der Waals surface area (Å²) in [6.45, 7) is 1.33. The molecule has 69 valence electrons. The first-order chi connectivity index (χ1) is 6.11. The summed E-state index contributed by atoms with van der Waals surface area (Å²) in [6, 6.07) is 6.25. The van der Waals surface area contributed by atoms with Gasteiger partial charge in [-0.15, -0.1) is 0 Å². The molecule has 0 heterocycles. The van der Waals surface area contributed by atoms with E-state index < -0.39 is 5.97 Å². The third kappa shape index (κ3) is 3.49. The fraction of sp³-hybridized carbons (Fsp3) is 0.111. The molecule has 0 bridgehead atoms. The molecule has 0 atom stereocenters. The van der Waals surface area contributed by atoms with Crippen molar-refractivity contribution in [3.63, 3.8) is 0 Å². The number of para-hydroxylation sites is 1. The van der Waals surface area contributed by atoms with Gasteiger partial charge < -0.3 is 10.4 Å². The van der Waals surface area contributed by atoms with Crippen LogP contribution in [0.4, 0.5) is 5.69 Å². The third-order valence-electron chi connectivity index (χ3n) is 1.47. The molecule has 0 saturated carbocycles. The minimum absolute atomic E-state index is 0. The zero-order valence-corrected chi connectivity index (χ0v) is 10.1. The molecule has 0 unspecified atom stereocenters. The summed E-state index contributed by atoms with van der Waals surface area (Å²) < 4.78 is 0. The van der Waals surface area contributed by atoms with E-state index in [1.54, 1.807) is 18.2 Å². The van der Waals surface area contributed by atoms with Crippen LogP contribution in [0.2, 0.25) is 0 Å². The van der Waals surface area contributed by atoms with Gasteiger partial charge in [0.25, 0.3) is 0 Å².